The lowest BCUT2D eigenvalue weighted by Gasteiger charge is -2.16. The number of rotatable bonds is 3. The summed E-state index contributed by atoms with van der Waals surface area (Å²) in [7, 11) is 0. The van der Waals surface area contributed by atoms with Crippen molar-refractivity contribution in [1.82, 2.24) is 0 Å². The molecule has 0 amide bonds. The van der Waals surface area contributed by atoms with E-state index in [2.05, 4.69) is 21.2 Å². The lowest BCUT2D eigenvalue weighted by Crippen LogP contribution is -2.09. The van der Waals surface area contributed by atoms with E-state index in [1.165, 1.54) is 6.07 Å². The topological polar surface area (TPSA) is 12.0 Å². The van der Waals surface area contributed by atoms with Crippen molar-refractivity contribution >= 4 is 21.6 Å². The molecule has 0 spiro atoms. The van der Waals surface area contributed by atoms with E-state index in [0.29, 0.717) is 10.2 Å². The molecule has 0 aromatic heterocycles. The van der Waals surface area contributed by atoms with Gasteiger partial charge in [-0.05, 0) is 59.3 Å². The average Bonchev–Trinajstić information content (AvgIpc) is 2.36. The van der Waals surface area contributed by atoms with Gasteiger partial charge in [-0.25, -0.2) is 13.2 Å². The SMILES string of the molecule is CC(Nc1ccc(Br)c(F)c1)c1cc(F)ccc1F. The molecule has 0 aliphatic rings. The fourth-order valence-corrected chi connectivity index (χ4v) is 2.01. The van der Waals surface area contributed by atoms with E-state index in [1.54, 1.807) is 19.1 Å². The molecule has 2 rings (SSSR count). The first kappa shape index (κ1) is 13.9. The molecule has 0 fully saturated rings. The molecule has 19 heavy (non-hydrogen) atoms. The zero-order chi connectivity index (χ0) is 14.0. The molecule has 1 N–H and O–H groups in total. The number of anilines is 1. The van der Waals surface area contributed by atoms with E-state index in [0.717, 1.165) is 18.2 Å². The highest BCUT2D eigenvalue weighted by Gasteiger charge is 2.12. The van der Waals surface area contributed by atoms with Gasteiger partial charge in [0.15, 0.2) is 0 Å². The van der Waals surface area contributed by atoms with E-state index in [9.17, 15) is 13.2 Å². The van der Waals surface area contributed by atoms with Crippen molar-refractivity contribution in [3.63, 3.8) is 0 Å². The average molecular weight is 330 g/mol. The maximum atomic E-state index is 13.6. The molecule has 0 bridgehead atoms. The Hall–Kier alpha value is -1.49. The summed E-state index contributed by atoms with van der Waals surface area (Å²) in [5.41, 5.74) is 0.695. The number of benzene rings is 2. The van der Waals surface area contributed by atoms with E-state index < -0.39 is 23.5 Å². The van der Waals surface area contributed by atoms with Gasteiger partial charge in [-0.15, -0.1) is 0 Å². The van der Waals surface area contributed by atoms with Crippen LogP contribution >= 0.6 is 15.9 Å². The molecule has 100 valence electrons. The maximum absolute atomic E-state index is 13.6. The Morgan fingerprint density at radius 3 is 2.42 bits per heavy atom. The molecule has 2 aromatic rings. The normalized spacial score (nSPS) is 12.3. The number of hydrogen-bond acceptors (Lipinski definition) is 1. The van der Waals surface area contributed by atoms with Gasteiger partial charge in [-0.2, -0.15) is 0 Å². The molecule has 5 heteroatoms. The third-order valence-corrected chi connectivity index (χ3v) is 3.37. The lowest BCUT2D eigenvalue weighted by molar-refractivity contribution is 0.577. The highest BCUT2D eigenvalue weighted by Crippen LogP contribution is 2.25. The van der Waals surface area contributed by atoms with Crippen molar-refractivity contribution in [3.05, 3.63) is 63.9 Å². The van der Waals surface area contributed by atoms with Crippen LogP contribution in [-0.4, -0.2) is 0 Å². The third-order valence-electron chi connectivity index (χ3n) is 2.73. The molecule has 0 heterocycles. The van der Waals surface area contributed by atoms with Crippen molar-refractivity contribution in [3.8, 4) is 0 Å². The first-order valence-corrected chi connectivity index (χ1v) is 6.43. The summed E-state index contributed by atoms with van der Waals surface area (Å²) in [6.45, 7) is 1.68. The Labute approximate surface area is 117 Å². The minimum Gasteiger partial charge on any atom is -0.378 e. The summed E-state index contributed by atoms with van der Waals surface area (Å²) in [6.07, 6.45) is 0. The summed E-state index contributed by atoms with van der Waals surface area (Å²) < 4.78 is 40.4. The number of hydrogen-bond donors (Lipinski definition) is 1. The first-order chi connectivity index (χ1) is 8.97. The van der Waals surface area contributed by atoms with Crippen LogP contribution in [0.1, 0.15) is 18.5 Å². The molecule has 1 unspecified atom stereocenters. The van der Waals surface area contributed by atoms with Crippen molar-refractivity contribution in [1.29, 1.82) is 0 Å². The summed E-state index contributed by atoms with van der Waals surface area (Å²) >= 11 is 3.05. The van der Waals surface area contributed by atoms with Gasteiger partial charge in [-0.1, -0.05) is 0 Å². The summed E-state index contributed by atoms with van der Waals surface area (Å²) in [6, 6.07) is 7.28. The number of nitrogens with one attached hydrogen (secondary N) is 1. The standard InChI is InChI=1S/C14H11BrF3N/c1-8(11-6-9(16)2-5-13(11)17)19-10-3-4-12(15)14(18)7-10/h2-8,19H,1H3. The van der Waals surface area contributed by atoms with Gasteiger partial charge < -0.3 is 5.32 Å². The minimum atomic E-state index is -0.507. The fourth-order valence-electron chi connectivity index (χ4n) is 1.76. The summed E-state index contributed by atoms with van der Waals surface area (Å²) in [4.78, 5) is 0. The molecule has 0 aliphatic carbocycles. The van der Waals surface area contributed by atoms with Gasteiger partial charge in [0.1, 0.15) is 17.5 Å². The predicted octanol–water partition coefficient (Wildman–Crippen LogP) is 5.04. The van der Waals surface area contributed by atoms with Gasteiger partial charge in [0.2, 0.25) is 0 Å². The van der Waals surface area contributed by atoms with Crippen molar-refractivity contribution < 1.29 is 13.2 Å². The number of halogens is 4. The van der Waals surface area contributed by atoms with E-state index in [-0.39, 0.29) is 5.56 Å². The van der Waals surface area contributed by atoms with Crippen LogP contribution in [0.25, 0.3) is 0 Å². The molecule has 1 nitrogen and oxygen atoms in total. The van der Waals surface area contributed by atoms with Gasteiger partial charge in [0.05, 0.1) is 10.5 Å². The highest BCUT2D eigenvalue weighted by atomic mass is 79.9. The predicted molar refractivity (Wildman–Crippen MR) is 72.5 cm³/mol. The molecule has 0 saturated heterocycles. The Kier molecular flexibility index (Phi) is 4.14. The zero-order valence-electron chi connectivity index (χ0n) is 10.1. The third kappa shape index (κ3) is 3.29. The van der Waals surface area contributed by atoms with E-state index in [4.69, 9.17) is 0 Å². The smallest absolute Gasteiger partial charge is 0.139 e. The quantitative estimate of drug-likeness (QED) is 0.831. The van der Waals surface area contributed by atoms with Gasteiger partial charge in [0.25, 0.3) is 0 Å². The van der Waals surface area contributed by atoms with Crippen molar-refractivity contribution in [2.45, 2.75) is 13.0 Å². The second-order valence-corrected chi connectivity index (χ2v) is 5.02. The van der Waals surface area contributed by atoms with Crippen LogP contribution < -0.4 is 5.32 Å². The van der Waals surface area contributed by atoms with Crippen molar-refractivity contribution in [2.75, 3.05) is 5.32 Å². The Bertz CT molecular complexity index is 601. The lowest BCUT2D eigenvalue weighted by atomic mass is 10.1. The van der Waals surface area contributed by atoms with Crippen LogP contribution in [0, 0.1) is 17.5 Å². The van der Waals surface area contributed by atoms with Crippen molar-refractivity contribution in [2.24, 2.45) is 0 Å². The molecular formula is C14H11BrF3N. The monoisotopic (exact) mass is 329 g/mol. The maximum Gasteiger partial charge on any atom is 0.139 e. The van der Waals surface area contributed by atoms with Crippen LogP contribution in [0.15, 0.2) is 40.9 Å². The molecule has 0 saturated carbocycles. The van der Waals surface area contributed by atoms with Crippen LogP contribution in [0.4, 0.5) is 18.9 Å². The second kappa shape index (κ2) is 5.65. The van der Waals surface area contributed by atoms with Crippen LogP contribution in [0.3, 0.4) is 0 Å². The van der Waals surface area contributed by atoms with Gasteiger partial charge >= 0.3 is 0 Å². The Morgan fingerprint density at radius 1 is 1.00 bits per heavy atom. The summed E-state index contributed by atoms with van der Waals surface area (Å²) in [5.74, 6) is -1.43. The van der Waals surface area contributed by atoms with Gasteiger partial charge in [0, 0.05) is 11.3 Å². The van der Waals surface area contributed by atoms with Crippen LogP contribution in [0.2, 0.25) is 0 Å². The molecule has 0 aliphatic heterocycles. The molecule has 1 atom stereocenters. The van der Waals surface area contributed by atoms with Gasteiger partial charge in [-0.3, -0.25) is 0 Å². The first-order valence-electron chi connectivity index (χ1n) is 5.64. The van der Waals surface area contributed by atoms with Crippen LogP contribution in [0.5, 0.6) is 0 Å². The van der Waals surface area contributed by atoms with Crippen LogP contribution in [-0.2, 0) is 0 Å². The van der Waals surface area contributed by atoms with E-state index >= 15 is 0 Å². The Morgan fingerprint density at radius 2 is 1.74 bits per heavy atom. The largest absolute Gasteiger partial charge is 0.378 e. The molecule has 0 radical (unpaired) electrons. The van der Waals surface area contributed by atoms with E-state index in [1.807, 2.05) is 0 Å². The fraction of sp³-hybridized carbons (Fsp3) is 0.143. The minimum absolute atomic E-state index is 0.198. The zero-order valence-corrected chi connectivity index (χ0v) is 11.6. The highest BCUT2D eigenvalue weighted by molar-refractivity contribution is 9.10. The summed E-state index contributed by atoms with van der Waals surface area (Å²) in [5, 5.41) is 2.93. The molecular weight excluding hydrogens is 319 g/mol. The second-order valence-electron chi connectivity index (χ2n) is 4.16. The Balaban J connectivity index is 2.22. The molecule has 2 aromatic carbocycles.